The van der Waals surface area contributed by atoms with Crippen LogP contribution >= 0.6 is 0 Å². The summed E-state index contributed by atoms with van der Waals surface area (Å²) in [6.07, 6.45) is -1.10. The number of nitrogens with one attached hydrogen (secondary N) is 1. The number of hydrogen-bond donors (Lipinski definition) is 2. The summed E-state index contributed by atoms with van der Waals surface area (Å²) in [7, 11) is -3.01. The third kappa shape index (κ3) is 8.94. The Bertz CT molecular complexity index is 463. The van der Waals surface area contributed by atoms with Crippen molar-refractivity contribution in [1.82, 2.24) is 4.72 Å². The number of aliphatic hydroxyl groups excluding tert-OH is 1. The van der Waals surface area contributed by atoms with Gasteiger partial charge in [-0.05, 0) is 24.3 Å². The second-order valence-electron chi connectivity index (χ2n) is 3.44. The van der Waals surface area contributed by atoms with E-state index in [-0.39, 0.29) is 64.5 Å². The molecular formula is C10H14KNO6S. The van der Waals surface area contributed by atoms with Crippen LogP contribution < -0.4 is 65.6 Å². The number of ether oxygens (including phenoxy) is 2. The number of aliphatic hydroxyl groups is 1. The molecule has 9 heteroatoms. The molecule has 0 saturated heterocycles. The zero-order valence-electron chi connectivity index (χ0n) is 10.7. The third-order valence-corrected chi connectivity index (χ3v) is 2.52. The molecule has 1 rings (SSSR count). The molecule has 0 aliphatic rings. The van der Waals surface area contributed by atoms with Crippen LogP contribution in [0.25, 0.3) is 0 Å². The van der Waals surface area contributed by atoms with Crippen molar-refractivity contribution in [2.24, 2.45) is 0 Å². The van der Waals surface area contributed by atoms with Crippen LogP contribution in [-0.4, -0.2) is 44.4 Å². The fourth-order valence-electron chi connectivity index (χ4n) is 1.12. The quantitative estimate of drug-likeness (QED) is 0.399. The zero-order chi connectivity index (χ0) is 13.6. The Balaban J connectivity index is 0.00000324. The van der Waals surface area contributed by atoms with Crippen molar-refractivity contribution in [3.8, 4) is 11.5 Å². The molecule has 1 unspecified atom stereocenters. The molecule has 1 aromatic rings. The van der Waals surface area contributed by atoms with Gasteiger partial charge in [0.1, 0.15) is 24.2 Å². The minimum atomic E-state index is -4.54. The van der Waals surface area contributed by atoms with Crippen LogP contribution in [0, 0.1) is 0 Å². The van der Waals surface area contributed by atoms with Crippen LogP contribution in [0.1, 0.15) is 0 Å². The van der Waals surface area contributed by atoms with Gasteiger partial charge in [0.25, 0.3) is 0 Å². The molecule has 102 valence electrons. The van der Waals surface area contributed by atoms with Crippen LogP contribution in [0.3, 0.4) is 0 Å². The van der Waals surface area contributed by atoms with Crippen molar-refractivity contribution in [3.63, 3.8) is 0 Å². The fourth-order valence-corrected chi connectivity index (χ4v) is 1.52. The van der Waals surface area contributed by atoms with E-state index in [2.05, 4.69) is 0 Å². The van der Waals surface area contributed by atoms with Gasteiger partial charge in [-0.1, -0.05) is 0 Å². The van der Waals surface area contributed by atoms with E-state index in [1.54, 1.807) is 29.0 Å². The molecule has 1 atom stereocenters. The van der Waals surface area contributed by atoms with Crippen molar-refractivity contribution in [2.45, 2.75) is 6.10 Å². The Morgan fingerprint density at radius 3 is 2.32 bits per heavy atom. The van der Waals surface area contributed by atoms with Crippen LogP contribution in [0.15, 0.2) is 24.3 Å². The minimum Gasteiger partial charge on any atom is -0.735 e. The van der Waals surface area contributed by atoms with Gasteiger partial charge in [-0.15, -0.1) is 0 Å². The molecule has 0 heterocycles. The molecule has 0 spiro atoms. The summed E-state index contributed by atoms with van der Waals surface area (Å²) in [5, 5.41) is 9.36. The van der Waals surface area contributed by atoms with Crippen LogP contribution in [0.4, 0.5) is 0 Å². The summed E-state index contributed by atoms with van der Waals surface area (Å²) in [4.78, 5) is 0. The van der Waals surface area contributed by atoms with E-state index in [9.17, 15) is 18.1 Å². The first kappa shape index (κ1) is 19.3. The van der Waals surface area contributed by atoms with Gasteiger partial charge in [0.15, 0.2) is 10.3 Å². The molecule has 7 nitrogen and oxygen atoms in total. The van der Waals surface area contributed by atoms with Gasteiger partial charge in [0.05, 0.1) is 7.11 Å². The molecule has 1 aromatic carbocycles. The van der Waals surface area contributed by atoms with Gasteiger partial charge >= 0.3 is 51.4 Å². The standard InChI is InChI=1S/C10H15NO6S.K/c1-16-9-2-4-10(5-3-9)17-7-8(12)6-11-18(13,14)15;/h2-5,8,11-12H,6-7H2,1H3,(H,13,14,15);/q;+1/p-1. The molecule has 0 amide bonds. The van der Waals surface area contributed by atoms with Gasteiger partial charge < -0.3 is 19.1 Å². The van der Waals surface area contributed by atoms with Crippen LogP contribution in [0.2, 0.25) is 0 Å². The van der Waals surface area contributed by atoms with E-state index >= 15 is 0 Å². The van der Waals surface area contributed by atoms with Gasteiger partial charge in [-0.2, -0.15) is 0 Å². The smallest absolute Gasteiger partial charge is 0.735 e. The van der Waals surface area contributed by atoms with E-state index in [0.29, 0.717) is 11.5 Å². The number of methoxy groups -OCH3 is 1. The molecule has 2 N–H and O–H groups in total. The van der Waals surface area contributed by atoms with E-state index < -0.39 is 16.4 Å². The fraction of sp³-hybridized carbons (Fsp3) is 0.400. The van der Waals surface area contributed by atoms with Crippen LogP contribution in [0.5, 0.6) is 11.5 Å². The largest absolute Gasteiger partial charge is 1.00 e. The second-order valence-corrected chi connectivity index (χ2v) is 4.64. The summed E-state index contributed by atoms with van der Waals surface area (Å²) in [6.45, 7) is -0.517. The Morgan fingerprint density at radius 1 is 1.32 bits per heavy atom. The Kier molecular flexibility index (Phi) is 9.40. The zero-order valence-corrected chi connectivity index (χ0v) is 14.6. The first-order valence-electron chi connectivity index (χ1n) is 5.06. The number of benzene rings is 1. The second kappa shape index (κ2) is 9.26. The monoisotopic (exact) mass is 315 g/mol. The van der Waals surface area contributed by atoms with Gasteiger partial charge in [0.2, 0.25) is 0 Å². The SMILES string of the molecule is COc1ccc(OCC(O)CNS(=O)(=O)[O-])cc1.[K+]. The summed E-state index contributed by atoms with van der Waals surface area (Å²) >= 11 is 0. The first-order valence-corrected chi connectivity index (χ1v) is 6.47. The molecule has 0 aliphatic heterocycles. The van der Waals surface area contributed by atoms with Gasteiger partial charge in [-0.3, -0.25) is 0 Å². The molecule has 19 heavy (non-hydrogen) atoms. The molecule has 0 fully saturated rings. The Labute approximate surface area is 154 Å². The van der Waals surface area contributed by atoms with Crippen LogP contribution in [-0.2, 0) is 10.3 Å². The Hall–Kier alpha value is 0.286. The number of hydrogen-bond acceptors (Lipinski definition) is 6. The van der Waals surface area contributed by atoms with E-state index in [1.807, 2.05) is 0 Å². The molecule has 0 bridgehead atoms. The van der Waals surface area contributed by atoms with Crippen molar-refractivity contribution in [2.75, 3.05) is 20.3 Å². The summed E-state index contributed by atoms with van der Waals surface area (Å²) in [6, 6.07) is 6.65. The molecule has 0 aliphatic carbocycles. The normalized spacial score (nSPS) is 12.4. The molecule has 0 radical (unpaired) electrons. The maximum atomic E-state index is 10.2. The van der Waals surface area contributed by atoms with Crippen molar-refractivity contribution >= 4 is 10.3 Å². The van der Waals surface area contributed by atoms with Crippen molar-refractivity contribution in [3.05, 3.63) is 24.3 Å². The average Bonchev–Trinajstić information content (AvgIpc) is 2.33. The summed E-state index contributed by atoms with van der Waals surface area (Å²) in [5.74, 6) is 1.17. The van der Waals surface area contributed by atoms with E-state index in [4.69, 9.17) is 9.47 Å². The summed E-state index contributed by atoms with van der Waals surface area (Å²) < 4.78 is 42.5. The van der Waals surface area contributed by atoms with Crippen molar-refractivity contribution in [1.29, 1.82) is 0 Å². The maximum absolute atomic E-state index is 10.2. The molecule has 0 saturated carbocycles. The van der Waals surface area contributed by atoms with Crippen molar-refractivity contribution < 1.29 is 78.9 Å². The molecular weight excluding hydrogens is 301 g/mol. The van der Waals surface area contributed by atoms with Gasteiger partial charge in [0, 0.05) is 6.54 Å². The average molecular weight is 315 g/mol. The molecule has 0 aromatic heterocycles. The third-order valence-electron chi connectivity index (χ3n) is 2.00. The predicted molar refractivity (Wildman–Crippen MR) is 62.2 cm³/mol. The van der Waals surface area contributed by atoms with E-state index in [0.717, 1.165) is 0 Å². The minimum absolute atomic E-state index is 0. The topological polar surface area (TPSA) is 108 Å². The first-order chi connectivity index (χ1) is 8.40. The van der Waals surface area contributed by atoms with E-state index in [1.165, 1.54) is 7.11 Å². The number of rotatable bonds is 7. The Morgan fingerprint density at radius 2 is 1.84 bits per heavy atom. The van der Waals surface area contributed by atoms with Gasteiger partial charge in [-0.25, -0.2) is 13.1 Å². The maximum Gasteiger partial charge on any atom is 1.00 e. The predicted octanol–water partition coefficient (Wildman–Crippen LogP) is -3.51. The summed E-state index contributed by atoms with van der Waals surface area (Å²) in [5.41, 5.74) is 0.